The Morgan fingerprint density at radius 1 is 1.19 bits per heavy atom. The average molecular weight is 440 g/mol. The first kappa shape index (κ1) is 21.3. The largest absolute Gasteiger partial charge is 0.378 e. The van der Waals surface area contributed by atoms with Crippen molar-refractivity contribution in [2.45, 2.75) is 31.7 Å². The lowest BCUT2D eigenvalue weighted by atomic mass is 9.86. The first-order valence-corrected chi connectivity index (χ1v) is 11.4. The number of nitriles is 1. The van der Waals surface area contributed by atoms with Gasteiger partial charge in [-0.1, -0.05) is 18.6 Å². The highest BCUT2D eigenvalue weighted by molar-refractivity contribution is 7.14. The molecule has 0 unspecified atom stereocenters. The van der Waals surface area contributed by atoms with Crippen LogP contribution < -0.4 is 15.5 Å². The van der Waals surface area contributed by atoms with Crippen LogP contribution in [0, 0.1) is 17.2 Å². The zero-order chi connectivity index (χ0) is 21.6. The highest BCUT2D eigenvalue weighted by Crippen LogP contribution is 2.25. The van der Waals surface area contributed by atoms with Crippen molar-refractivity contribution in [1.29, 1.82) is 5.26 Å². The van der Waals surface area contributed by atoms with Crippen LogP contribution in [0.25, 0.3) is 0 Å². The van der Waals surface area contributed by atoms with Crippen LogP contribution in [0.4, 0.5) is 10.8 Å². The Hall–Kier alpha value is -2.96. The summed E-state index contributed by atoms with van der Waals surface area (Å²) >= 11 is 1.42. The molecule has 1 aromatic heterocycles. The van der Waals surface area contributed by atoms with Gasteiger partial charge in [-0.25, -0.2) is 4.98 Å². The Balaban J connectivity index is 1.42. The number of benzene rings is 1. The lowest BCUT2D eigenvalue weighted by Gasteiger charge is -2.26. The number of carbonyl (C=O) groups excluding carboxylic acids is 2. The molecule has 2 N–H and O–H groups in total. The number of morpholine rings is 1. The zero-order valence-corrected chi connectivity index (χ0v) is 18.0. The molecule has 2 heterocycles. The number of carbonyl (C=O) groups is 2. The number of nitrogens with zero attached hydrogens (tertiary/aromatic N) is 3. The van der Waals surface area contributed by atoms with Crippen molar-refractivity contribution >= 4 is 34.0 Å². The minimum atomic E-state index is -0.349. The van der Waals surface area contributed by atoms with Crippen molar-refractivity contribution in [2.24, 2.45) is 5.92 Å². The van der Waals surface area contributed by atoms with E-state index in [1.165, 1.54) is 11.3 Å². The predicted molar refractivity (Wildman–Crippen MR) is 118 cm³/mol. The van der Waals surface area contributed by atoms with Gasteiger partial charge in [-0.15, -0.1) is 11.3 Å². The van der Waals surface area contributed by atoms with E-state index in [-0.39, 0.29) is 23.8 Å². The quantitative estimate of drug-likeness (QED) is 0.742. The van der Waals surface area contributed by atoms with Crippen LogP contribution >= 0.6 is 11.3 Å². The van der Waals surface area contributed by atoms with Gasteiger partial charge in [0.2, 0.25) is 0 Å². The average Bonchev–Trinajstić information content (AvgIpc) is 3.31. The molecule has 0 spiro atoms. The van der Waals surface area contributed by atoms with Gasteiger partial charge in [0.15, 0.2) is 5.13 Å². The molecule has 0 bridgehead atoms. The van der Waals surface area contributed by atoms with Gasteiger partial charge in [-0.2, -0.15) is 5.26 Å². The Bertz CT molecular complexity index is 980. The summed E-state index contributed by atoms with van der Waals surface area (Å²) in [7, 11) is 0. The minimum absolute atomic E-state index is 0.0145. The summed E-state index contributed by atoms with van der Waals surface area (Å²) in [5.41, 5.74) is 1.17. The second kappa shape index (κ2) is 9.90. The summed E-state index contributed by atoms with van der Waals surface area (Å²) in [5.74, 6) is -0.607. The van der Waals surface area contributed by atoms with Crippen molar-refractivity contribution in [2.75, 3.05) is 36.5 Å². The van der Waals surface area contributed by atoms with Crippen molar-refractivity contribution in [3.05, 3.63) is 40.9 Å². The lowest BCUT2D eigenvalue weighted by molar-refractivity contribution is 0.0924. The number of para-hydroxylation sites is 1. The molecular weight excluding hydrogens is 414 g/mol. The third-order valence-corrected chi connectivity index (χ3v) is 6.52. The van der Waals surface area contributed by atoms with E-state index < -0.39 is 0 Å². The van der Waals surface area contributed by atoms with Crippen molar-refractivity contribution in [3.8, 4) is 6.07 Å². The predicted octanol–water partition coefficient (Wildman–Crippen LogP) is 3.04. The van der Waals surface area contributed by atoms with Crippen LogP contribution in [0.15, 0.2) is 29.6 Å². The molecular formula is C22H25N5O3S. The van der Waals surface area contributed by atoms with Gasteiger partial charge in [0.1, 0.15) is 5.69 Å². The van der Waals surface area contributed by atoms with Crippen LogP contribution in [0.1, 0.15) is 46.5 Å². The van der Waals surface area contributed by atoms with Crippen LogP contribution in [-0.4, -0.2) is 49.1 Å². The van der Waals surface area contributed by atoms with Gasteiger partial charge < -0.3 is 20.3 Å². The van der Waals surface area contributed by atoms with Gasteiger partial charge in [-0.3, -0.25) is 9.59 Å². The van der Waals surface area contributed by atoms with Crippen molar-refractivity contribution in [3.63, 3.8) is 0 Å². The van der Waals surface area contributed by atoms with Crippen LogP contribution in [0.5, 0.6) is 0 Å². The smallest absolute Gasteiger partial charge is 0.275 e. The molecule has 9 heteroatoms. The molecule has 162 valence electrons. The number of hydrogen-bond donors (Lipinski definition) is 2. The van der Waals surface area contributed by atoms with Gasteiger partial charge in [-0.05, 0) is 31.4 Å². The van der Waals surface area contributed by atoms with E-state index in [0.29, 0.717) is 36.6 Å². The van der Waals surface area contributed by atoms with E-state index >= 15 is 0 Å². The summed E-state index contributed by atoms with van der Waals surface area (Å²) in [6.07, 6.45) is 3.34. The molecule has 2 aromatic rings. The molecule has 1 aliphatic heterocycles. The first-order valence-electron chi connectivity index (χ1n) is 10.5. The Morgan fingerprint density at radius 3 is 2.81 bits per heavy atom. The molecule has 1 saturated carbocycles. The zero-order valence-electron chi connectivity index (χ0n) is 17.2. The summed E-state index contributed by atoms with van der Waals surface area (Å²) in [5, 5.41) is 17.6. The number of rotatable bonds is 5. The number of aromatic nitrogens is 1. The lowest BCUT2D eigenvalue weighted by Crippen LogP contribution is -2.38. The number of amides is 2. The summed E-state index contributed by atoms with van der Waals surface area (Å²) in [6, 6.07) is 9.22. The van der Waals surface area contributed by atoms with Gasteiger partial charge in [0.05, 0.1) is 30.5 Å². The Labute approximate surface area is 185 Å². The second-order valence-corrected chi connectivity index (χ2v) is 8.61. The standard InChI is InChI=1S/C22H25N5O3S/c23-13-15-4-3-5-16(12-15)24-20(28)17-6-1-2-7-18(17)25-21(29)19-14-31-22(26-19)27-8-10-30-11-9-27/h1-2,6-7,14-16H,3-5,8-12H2,(H,24,28)(H,25,29)/t15-,16+/m0/s1. The number of thiazole rings is 1. The van der Waals surface area contributed by atoms with E-state index in [1.54, 1.807) is 29.6 Å². The summed E-state index contributed by atoms with van der Waals surface area (Å²) < 4.78 is 5.36. The molecule has 1 aromatic carbocycles. The van der Waals surface area contributed by atoms with Crippen LogP contribution in [-0.2, 0) is 4.74 Å². The molecule has 2 fully saturated rings. The van der Waals surface area contributed by atoms with Gasteiger partial charge >= 0.3 is 0 Å². The minimum Gasteiger partial charge on any atom is -0.378 e. The summed E-state index contributed by atoms with van der Waals surface area (Å²) in [6.45, 7) is 2.82. The number of anilines is 2. The number of ether oxygens (including phenoxy) is 1. The third kappa shape index (κ3) is 5.21. The number of hydrogen-bond acceptors (Lipinski definition) is 7. The molecule has 8 nitrogen and oxygen atoms in total. The molecule has 0 radical (unpaired) electrons. The molecule has 4 rings (SSSR count). The monoisotopic (exact) mass is 439 g/mol. The molecule has 2 amide bonds. The molecule has 2 aliphatic rings. The maximum atomic E-state index is 12.9. The maximum Gasteiger partial charge on any atom is 0.275 e. The first-order chi connectivity index (χ1) is 15.1. The van der Waals surface area contributed by atoms with Crippen LogP contribution in [0.3, 0.4) is 0 Å². The van der Waals surface area contributed by atoms with Crippen molar-refractivity contribution < 1.29 is 14.3 Å². The van der Waals surface area contributed by atoms with E-state index in [2.05, 4.69) is 26.6 Å². The molecule has 31 heavy (non-hydrogen) atoms. The number of nitrogens with one attached hydrogen (secondary N) is 2. The van der Waals surface area contributed by atoms with E-state index in [0.717, 1.165) is 37.5 Å². The highest BCUT2D eigenvalue weighted by Gasteiger charge is 2.25. The fraction of sp³-hybridized carbons (Fsp3) is 0.455. The van der Waals surface area contributed by atoms with Crippen molar-refractivity contribution in [1.82, 2.24) is 10.3 Å². The normalized spacial score (nSPS) is 21.2. The fourth-order valence-electron chi connectivity index (χ4n) is 3.95. The van der Waals surface area contributed by atoms with E-state index in [9.17, 15) is 14.9 Å². The molecule has 2 atom stereocenters. The molecule has 1 saturated heterocycles. The molecule has 1 aliphatic carbocycles. The van der Waals surface area contributed by atoms with Gasteiger partial charge in [0, 0.05) is 30.4 Å². The Kier molecular flexibility index (Phi) is 6.79. The third-order valence-electron chi connectivity index (χ3n) is 5.62. The van der Waals surface area contributed by atoms with E-state index in [4.69, 9.17) is 4.74 Å². The van der Waals surface area contributed by atoms with Crippen LogP contribution in [0.2, 0.25) is 0 Å². The summed E-state index contributed by atoms with van der Waals surface area (Å²) in [4.78, 5) is 32.2. The highest BCUT2D eigenvalue weighted by atomic mass is 32.1. The maximum absolute atomic E-state index is 12.9. The second-order valence-electron chi connectivity index (χ2n) is 7.78. The SMILES string of the molecule is N#C[C@H]1CCC[C@@H](NC(=O)c2ccccc2NC(=O)c2csc(N3CCOCC3)n2)C1. The topological polar surface area (TPSA) is 107 Å². The Morgan fingerprint density at radius 2 is 2.00 bits per heavy atom. The van der Waals surface area contributed by atoms with Gasteiger partial charge in [0.25, 0.3) is 11.8 Å². The fourth-order valence-corrected chi connectivity index (χ4v) is 4.81. The van der Waals surface area contributed by atoms with E-state index in [1.807, 2.05) is 0 Å².